The molecule has 0 aliphatic carbocycles. The number of rotatable bonds is 6. The highest BCUT2D eigenvalue weighted by atomic mass is 32.2. The summed E-state index contributed by atoms with van der Waals surface area (Å²) in [5.74, 6) is 1.47. The van der Waals surface area contributed by atoms with Gasteiger partial charge < -0.3 is 9.73 Å². The molecule has 0 fully saturated rings. The summed E-state index contributed by atoms with van der Waals surface area (Å²) < 4.78 is 5.53. The summed E-state index contributed by atoms with van der Waals surface area (Å²) in [6, 6.07) is 19.5. The van der Waals surface area contributed by atoms with Crippen molar-refractivity contribution in [2.75, 3.05) is 11.1 Å². The number of aromatic nitrogens is 2. The number of para-hydroxylation sites is 1. The maximum absolute atomic E-state index is 12.4. The van der Waals surface area contributed by atoms with Crippen LogP contribution in [0.1, 0.15) is 11.4 Å². The lowest BCUT2D eigenvalue weighted by molar-refractivity contribution is -0.113. The van der Waals surface area contributed by atoms with Gasteiger partial charge in [-0.25, -0.2) is 4.98 Å². The number of nitrogens with zero attached hydrogens (tertiary/aromatic N) is 2. The minimum Gasteiger partial charge on any atom is -0.444 e. The van der Waals surface area contributed by atoms with Gasteiger partial charge in [0.05, 0.1) is 22.7 Å². The second-order valence-corrected chi connectivity index (χ2v) is 7.37. The van der Waals surface area contributed by atoms with E-state index in [2.05, 4.69) is 15.3 Å². The zero-order valence-electron chi connectivity index (χ0n) is 15.4. The molecule has 0 spiro atoms. The third-order valence-electron chi connectivity index (χ3n) is 4.19. The Labute approximate surface area is 167 Å². The van der Waals surface area contributed by atoms with Gasteiger partial charge in [-0.3, -0.25) is 9.78 Å². The minimum absolute atomic E-state index is 0.0624. The number of thioether (sulfide) groups is 1. The van der Waals surface area contributed by atoms with Gasteiger partial charge in [0.1, 0.15) is 6.26 Å². The number of pyridine rings is 1. The molecule has 0 saturated carbocycles. The van der Waals surface area contributed by atoms with Gasteiger partial charge in [-0.05, 0) is 31.2 Å². The molecule has 4 aromatic rings. The molecule has 0 atom stereocenters. The molecule has 0 aliphatic rings. The van der Waals surface area contributed by atoms with Crippen LogP contribution in [-0.2, 0) is 10.5 Å². The lowest BCUT2D eigenvalue weighted by Gasteiger charge is -2.08. The van der Waals surface area contributed by atoms with Crippen LogP contribution in [0.2, 0.25) is 0 Å². The van der Waals surface area contributed by atoms with Gasteiger partial charge >= 0.3 is 0 Å². The Morgan fingerprint density at radius 2 is 1.89 bits per heavy atom. The van der Waals surface area contributed by atoms with Gasteiger partial charge in [0, 0.05) is 22.4 Å². The molecule has 2 aromatic heterocycles. The number of nitrogens with one attached hydrogen (secondary N) is 1. The highest BCUT2D eigenvalue weighted by molar-refractivity contribution is 7.99. The molecular weight excluding hydrogens is 370 g/mol. The molecule has 0 saturated heterocycles. The SMILES string of the molecule is Cc1ccc2cccc(NC(=O)CSCc3coc(-c4ccccc4)n3)c2n1. The molecule has 4 rings (SSSR count). The number of hydrogen-bond donors (Lipinski definition) is 1. The molecule has 28 heavy (non-hydrogen) atoms. The van der Waals surface area contributed by atoms with Crippen molar-refractivity contribution in [1.82, 2.24) is 9.97 Å². The number of carbonyl (C=O) groups is 1. The predicted octanol–water partition coefficient (Wildman–Crippen LogP) is 5.07. The average molecular weight is 389 g/mol. The van der Waals surface area contributed by atoms with Crippen LogP contribution in [0.3, 0.4) is 0 Å². The van der Waals surface area contributed by atoms with E-state index in [1.165, 1.54) is 11.8 Å². The summed E-state index contributed by atoms with van der Waals surface area (Å²) in [5, 5.41) is 3.97. The lowest BCUT2D eigenvalue weighted by Crippen LogP contribution is -2.14. The van der Waals surface area contributed by atoms with Crippen molar-refractivity contribution in [3.8, 4) is 11.5 Å². The van der Waals surface area contributed by atoms with Crippen molar-refractivity contribution in [2.45, 2.75) is 12.7 Å². The molecule has 1 N–H and O–H groups in total. The van der Waals surface area contributed by atoms with E-state index in [9.17, 15) is 4.79 Å². The number of carbonyl (C=O) groups excluding carboxylic acids is 1. The molecule has 140 valence electrons. The van der Waals surface area contributed by atoms with Crippen LogP contribution < -0.4 is 5.32 Å². The van der Waals surface area contributed by atoms with Crippen molar-refractivity contribution < 1.29 is 9.21 Å². The van der Waals surface area contributed by atoms with Crippen molar-refractivity contribution in [2.24, 2.45) is 0 Å². The first kappa shape index (κ1) is 18.3. The van der Waals surface area contributed by atoms with Gasteiger partial charge in [0.15, 0.2) is 0 Å². The Bertz CT molecular complexity index is 1110. The molecule has 2 aromatic carbocycles. The highest BCUT2D eigenvalue weighted by Gasteiger charge is 2.10. The van der Waals surface area contributed by atoms with Crippen LogP contribution >= 0.6 is 11.8 Å². The van der Waals surface area contributed by atoms with Gasteiger partial charge in [-0.15, -0.1) is 11.8 Å². The second kappa shape index (κ2) is 8.27. The maximum atomic E-state index is 12.4. The van der Waals surface area contributed by atoms with Crippen LogP contribution in [0.4, 0.5) is 5.69 Å². The quantitative estimate of drug-likeness (QED) is 0.499. The predicted molar refractivity (Wildman–Crippen MR) is 113 cm³/mol. The fourth-order valence-corrected chi connectivity index (χ4v) is 3.57. The number of amides is 1. The fraction of sp³-hybridized carbons (Fsp3) is 0.136. The zero-order chi connectivity index (χ0) is 19.3. The largest absolute Gasteiger partial charge is 0.444 e. The zero-order valence-corrected chi connectivity index (χ0v) is 16.2. The van der Waals surface area contributed by atoms with E-state index in [0.29, 0.717) is 17.4 Å². The van der Waals surface area contributed by atoms with E-state index in [1.54, 1.807) is 6.26 Å². The first-order valence-corrected chi connectivity index (χ1v) is 10.1. The van der Waals surface area contributed by atoms with E-state index in [1.807, 2.05) is 67.6 Å². The minimum atomic E-state index is -0.0624. The Kier molecular flexibility index (Phi) is 5.39. The summed E-state index contributed by atoms with van der Waals surface area (Å²) in [6.45, 7) is 1.94. The third-order valence-corrected chi connectivity index (χ3v) is 5.16. The van der Waals surface area contributed by atoms with E-state index in [0.717, 1.165) is 33.5 Å². The van der Waals surface area contributed by atoms with E-state index < -0.39 is 0 Å². The average Bonchev–Trinajstić information content (AvgIpc) is 3.18. The summed E-state index contributed by atoms with van der Waals surface area (Å²) in [7, 11) is 0. The topological polar surface area (TPSA) is 68.0 Å². The third kappa shape index (κ3) is 4.23. The lowest BCUT2D eigenvalue weighted by atomic mass is 10.2. The molecule has 6 heteroatoms. The smallest absolute Gasteiger partial charge is 0.234 e. The maximum Gasteiger partial charge on any atom is 0.234 e. The molecule has 0 radical (unpaired) electrons. The van der Waals surface area contributed by atoms with Crippen molar-refractivity contribution in [3.05, 3.63) is 78.3 Å². The van der Waals surface area contributed by atoms with Crippen LogP contribution in [0.25, 0.3) is 22.4 Å². The monoisotopic (exact) mass is 389 g/mol. The van der Waals surface area contributed by atoms with Gasteiger partial charge in [-0.1, -0.05) is 36.4 Å². The number of oxazole rings is 1. The standard InChI is InChI=1S/C22H19N3O2S/c1-15-10-11-16-8-5-9-19(21(16)23-15)25-20(26)14-28-13-18-12-27-22(24-18)17-6-3-2-4-7-17/h2-12H,13-14H2,1H3,(H,25,26). The summed E-state index contributed by atoms with van der Waals surface area (Å²) in [5.41, 5.74) is 4.22. The second-order valence-electron chi connectivity index (χ2n) is 6.38. The van der Waals surface area contributed by atoms with Crippen molar-refractivity contribution >= 4 is 34.3 Å². The normalized spacial score (nSPS) is 10.9. The fourth-order valence-electron chi connectivity index (χ4n) is 2.87. The van der Waals surface area contributed by atoms with Crippen molar-refractivity contribution in [3.63, 3.8) is 0 Å². The van der Waals surface area contributed by atoms with Crippen LogP contribution in [-0.4, -0.2) is 21.6 Å². The number of aryl methyl sites for hydroxylation is 1. The number of benzene rings is 2. The molecule has 1 amide bonds. The highest BCUT2D eigenvalue weighted by Crippen LogP contribution is 2.23. The van der Waals surface area contributed by atoms with Gasteiger partial charge in [0.2, 0.25) is 11.8 Å². The van der Waals surface area contributed by atoms with Crippen LogP contribution in [0.5, 0.6) is 0 Å². The van der Waals surface area contributed by atoms with Crippen molar-refractivity contribution in [1.29, 1.82) is 0 Å². The Morgan fingerprint density at radius 1 is 1.04 bits per heavy atom. The molecular formula is C22H19N3O2S. The summed E-state index contributed by atoms with van der Waals surface area (Å²) >= 11 is 1.50. The summed E-state index contributed by atoms with van der Waals surface area (Å²) in [6.07, 6.45) is 1.64. The van der Waals surface area contributed by atoms with E-state index in [-0.39, 0.29) is 5.91 Å². The number of anilines is 1. The summed E-state index contributed by atoms with van der Waals surface area (Å²) in [4.78, 5) is 21.4. The van der Waals surface area contributed by atoms with Gasteiger partial charge in [-0.2, -0.15) is 0 Å². The molecule has 2 heterocycles. The van der Waals surface area contributed by atoms with Gasteiger partial charge in [0.25, 0.3) is 0 Å². The van der Waals surface area contributed by atoms with Crippen LogP contribution in [0, 0.1) is 6.92 Å². The Hall–Kier alpha value is -3.12. The van der Waals surface area contributed by atoms with Crippen LogP contribution in [0.15, 0.2) is 71.3 Å². The first-order chi connectivity index (χ1) is 13.7. The molecule has 0 unspecified atom stereocenters. The first-order valence-electron chi connectivity index (χ1n) is 8.93. The number of hydrogen-bond acceptors (Lipinski definition) is 5. The molecule has 0 bridgehead atoms. The van der Waals surface area contributed by atoms with E-state index in [4.69, 9.17) is 4.42 Å². The molecule has 0 aliphatic heterocycles. The Balaban J connectivity index is 1.34. The Morgan fingerprint density at radius 3 is 2.75 bits per heavy atom. The number of fused-ring (bicyclic) bond motifs is 1. The molecule has 5 nitrogen and oxygen atoms in total. The van der Waals surface area contributed by atoms with E-state index >= 15 is 0 Å².